The minimum atomic E-state index is 0.586. The Kier molecular flexibility index (Phi) is 2.69. The fraction of sp³-hybridized carbons (Fsp3) is 0.167. The van der Waals surface area contributed by atoms with Gasteiger partial charge in [-0.1, -0.05) is 28.8 Å². The second-order valence-corrected chi connectivity index (χ2v) is 4.00. The van der Waals surface area contributed by atoms with Crippen LogP contribution in [0.5, 0.6) is 0 Å². The first-order valence-corrected chi connectivity index (χ1v) is 5.09. The van der Waals surface area contributed by atoms with E-state index in [4.69, 9.17) is 11.6 Å². The molecule has 0 saturated carbocycles. The fourth-order valence-electron chi connectivity index (χ4n) is 1.64. The molecule has 0 radical (unpaired) electrons. The van der Waals surface area contributed by atoms with Crippen molar-refractivity contribution < 1.29 is 0 Å². The van der Waals surface area contributed by atoms with Gasteiger partial charge in [-0.2, -0.15) is 0 Å². The van der Waals surface area contributed by atoms with Crippen molar-refractivity contribution in [1.29, 1.82) is 0 Å². The average Bonchev–Trinajstić information content (AvgIpc) is 2.16. The topological polar surface area (TPSA) is 25.8 Å². The summed E-state index contributed by atoms with van der Waals surface area (Å²) in [6.07, 6.45) is 3.13. The van der Waals surface area contributed by atoms with Gasteiger partial charge in [0.05, 0.1) is 10.7 Å². The van der Waals surface area contributed by atoms with Crippen molar-refractivity contribution in [3.63, 3.8) is 0 Å². The number of benzene rings is 1. The van der Waals surface area contributed by atoms with Crippen molar-refractivity contribution in [2.45, 2.75) is 13.8 Å². The fourth-order valence-corrected chi connectivity index (χ4v) is 1.85. The Morgan fingerprint density at radius 1 is 1.07 bits per heavy atom. The summed E-state index contributed by atoms with van der Waals surface area (Å²) in [5.41, 5.74) is 4.25. The monoisotopic (exact) mass is 218 g/mol. The van der Waals surface area contributed by atoms with Crippen LogP contribution in [-0.4, -0.2) is 9.97 Å². The lowest BCUT2D eigenvalue weighted by molar-refractivity contribution is 1.17. The Morgan fingerprint density at radius 2 is 1.73 bits per heavy atom. The molecule has 0 aliphatic heterocycles. The summed E-state index contributed by atoms with van der Waals surface area (Å²) >= 11 is 6.04. The van der Waals surface area contributed by atoms with E-state index in [1.165, 1.54) is 17.5 Å². The molecular formula is C12H11ClN2. The summed E-state index contributed by atoms with van der Waals surface area (Å²) in [4.78, 5) is 8.06. The Hall–Kier alpha value is -1.41. The molecule has 0 unspecified atom stereocenters. The largest absolute Gasteiger partial charge is 0.243 e. The van der Waals surface area contributed by atoms with Gasteiger partial charge in [-0.25, -0.2) is 9.97 Å². The summed E-state index contributed by atoms with van der Waals surface area (Å²) in [6.45, 7) is 4.12. The van der Waals surface area contributed by atoms with Gasteiger partial charge in [-0.3, -0.25) is 0 Å². The zero-order valence-electron chi connectivity index (χ0n) is 8.66. The predicted octanol–water partition coefficient (Wildman–Crippen LogP) is 3.41. The molecule has 2 rings (SSSR count). The van der Waals surface area contributed by atoms with Gasteiger partial charge in [0.1, 0.15) is 6.33 Å². The smallest absolute Gasteiger partial charge is 0.116 e. The van der Waals surface area contributed by atoms with E-state index in [0.717, 1.165) is 11.3 Å². The Labute approximate surface area is 94.0 Å². The molecule has 0 N–H and O–H groups in total. The van der Waals surface area contributed by atoms with Crippen molar-refractivity contribution in [1.82, 2.24) is 9.97 Å². The number of aryl methyl sites for hydroxylation is 2. The number of hydrogen-bond donors (Lipinski definition) is 0. The van der Waals surface area contributed by atoms with E-state index in [2.05, 4.69) is 42.0 Å². The normalized spacial score (nSPS) is 10.3. The molecule has 0 aliphatic carbocycles. The van der Waals surface area contributed by atoms with Crippen LogP contribution in [0.1, 0.15) is 11.1 Å². The second-order valence-electron chi connectivity index (χ2n) is 3.60. The minimum Gasteiger partial charge on any atom is -0.243 e. The molecular weight excluding hydrogens is 208 g/mol. The van der Waals surface area contributed by atoms with Gasteiger partial charge in [0.2, 0.25) is 0 Å². The first kappa shape index (κ1) is 10.1. The highest BCUT2D eigenvalue weighted by Gasteiger charge is 2.05. The van der Waals surface area contributed by atoms with Crippen molar-refractivity contribution in [2.75, 3.05) is 0 Å². The molecule has 0 bridgehead atoms. The van der Waals surface area contributed by atoms with Crippen LogP contribution in [0.15, 0.2) is 30.7 Å². The highest BCUT2D eigenvalue weighted by molar-refractivity contribution is 6.32. The molecule has 0 atom stereocenters. The van der Waals surface area contributed by atoms with Crippen molar-refractivity contribution in [3.8, 4) is 11.3 Å². The highest BCUT2D eigenvalue weighted by Crippen LogP contribution is 2.25. The number of hydrogen-bond acceptors (Lipinski definition) is 2. The van der Waals surface area contributed by atoms with E-state index in [0.29, 0.717) is 5.02 Å². The molecule has 1 aromatic heterocycles. The van der Waals surface area contributed by atoms with E-state index in [-0.39, 0.29) is 0 Å². The molecule has 15 heavy (non-hydrogen) atoms. The van der Waals surface area contributed by atoms with Crippen LogP contribution in [0.3, 0.4) is 0 Å². The van der Waals surface area contributed by atoms with Crippen LogP contribution < -0.4 is 0 Å². The maximum absolute atomic E-state index is 6.04. The lowest BCUT2D eigenvalue weighted by Crippen LogP contribution is -1.88. The first-order chi connectivity index (χ1) is 7.16. The molecule has 0 spiro atoms. The third-order valence-electron chi connectivity index (χ3n) is 2.16. The maximum Gasteiger partial charge on any atom is 0.116 e. The Balaban J connectivity index is 2.59. The lowest BCUT2D eigenvalue weighted by atomic mass is 10.1. The predicted molar refractivity (Wildman–Crippen MR) is 62.0 cm³/mol. The van der Waals surface area contributed by atoms with E-state index in [1.807, 2.05) is 0 Å². The van der Waals surface area contributed by atoms with Crippen LogP contribution in [0.4, 0.5) is 0 Å². The standard InChI is InChI=1S/C12H11ClN2/c1-8-3-9(2)5-10(4-8)12-11(13)6-14-7-15-12/h3-7H,1-2H3. The van der Waals surface area contributed by atoms with E-state index in [1.54, 1.807) is 6.20 Å². The van der Waals surface area contributed by atoms with Gasteiger partial charge in [-0.05, 0) is 26.0 Å². The minimum absolute atomic E-state index is 0.586. The molecule has 1 aromatic carbocycles. The first-order valence-electron chi connectivity index (χ1n) is 4.71. The van der Waals surface area contributed by atoms with Gasteiger partial charge < -0.3 is 0 Å². The molecule has 3 heteroatoms. The summed E-state index contributed by atoms with van der Waals surface area (Å²) < 4.78 is 0. The zero-order valence-corrected chi connectivity index (χ0v) is 9.42. The number of rotatable bonds is 1. The van der Waals surface area contributed by atoms with Gasteiger partial charge >= 0.3 is 0 Å². The van der Waals surface area contributed by atoms with Crippen LogP contribution in [0, 0.1) is 13.8 Å². The van der Waals surface area contributed by atoms with Gasteiger partial charge in [0, 0.05) is 11.8 Å². The molecule has 0 saturated heterocycles. The molecule has 2 aromatic rings. The number of halogens is 1. The van der Waals surface area contributed by atoms with Crippen molar-refractivity contribution >= 4 is 11.6 Å². The Morgan fingerprint density at radius 3 is 2.33 bits per heavy atom. The van der Waals surface area contributed by atoms with Gasteiger partial charge in [0.15, 0.2) is 0 Å². The molecule has 76 valence electrons. The summed E-state index contributed by atoms with van der Waals surface area (Å²) in [7, 11) is 0. The molecule has 1 heterocycles. The second kappa shape index (κ2) is 3.99. The Bertz CT molecular complexity index is 474. The maximum atomic E-state index is 6.04. The van der Waals surface area contributed by atoms with Crippen molar-refractivity contribution in [2.24, 2.45) is 0 Å². The quantitative estimate of drug-likeness (QED) is 0.733. The van der Waals surface area contributed by atoms with E-state index >= 15 is 0 Å². The summed E-state index contributed by atoms with van der Waals surface area (Å²) in [5.74, 6) is 0. The van der Waals surface area contributed by atoms with Crippen molar-refractivity contribution in [3.05, 3.63) is 46.9 Å². The molecule has 0 amide bonds. The van der Waals surface area contributed by atoms with Crippen LogP contribution in [0.2, 0.25) is 5.02 Å². The number of aromatic nitrogens is 2. The van der Waals surface area contributed by atoms with Crippen LogP contribution in [-0.2, 0) is 0 Å². The number of nitrogens with zero attached hydrogens (tertiary/aromatic N) is 2. The molecule has 0 aliphatic rings. The zero-order chi connectivity index (χ0) is 10.8. The van der Waals surface area contributed by atoms with E-state index in [9.17, 15) is 0 Å². The third-order valence-corrected chi connectivity index (χ3v) is 2.44. The lowest BCUT2D eigenvalue weighted by Gasteiger charge is -2.05. The highest BCUT2D eigenvalue weighted by atomic mass is 35.5. The molecule has 2 nitrogen and oxygen atoms in total. The van der Waals surface area contributed by atoms with Gasteiger partial charge in [-0.15, -0.1) is 0 Å². The van der Waals surface area contributed by atoms with Crippen LogP contribution in [0.25, 0.3) is 11.3 Å². The molecule has 0 fully saturated rings. The summed E-state index contributed by atoms with van der Waals surface area (Å²) in [6, 6.07) is 6.26. The van der Waals surface area contributed by atoms with Gasteiger partial charge in [0.25, 0.3) is 0 Å². The van der Waals surface area contributed by atoms with E-state index < -0.39 is 0 Å². The SMILES string of the molecule is Cc1cc(C)cc(-c2ncncc2Cl)c1. The third kappa shape index (κ3) is 2.16. The average molecular weight is 219 g/mol. The van der Waals surface area contributed by atoms with Crippen LogP contribution >= 0.6 is 11.6 Å². The summed E-state index contributed by atoms with van der Waals surface area (Å²) in [5, 5.41) is 0.586.